The second-order valence-electron chi connectivity index (χ2n) is 4.19. The maximum Gasteiger partial charge on any atom is 0.236 e. The first kappa shape index (κ1) is 13.0. The van der Waals surface area contributed by atoms with Crippen molar-refractivity contribution in [2.75, 3.05) is 17.2 Å². The van der Waals surface area contributed by atoms with Gasteiger partial charge in [0.1, 0.15) is 0 Å². The molecule has 1 aliphatic heterocycles. The molecular formula is C12H13FN2O2S. The van der Waals surface area contributed by atoms with Crippen LogP contribution in [0.25, 0.3) is 0 Å². The smallest absolute Gasteiger partial charge is 0.236 e. The van der Waals surface area contributed by atoms with Gasteiger partial charge in [-0.3, -0.25) is 9.59 Å². The normalized spacial score (nSPS) is 19.3. The molecule has 96 valence electrons. The first-order valence-electron chi connectivity index (χ1n) is 5.62. The van der Waals surface area contributed by atoms with E-state index in [-0.39, 0.29) is 22.6 Å². The number of rotatable bonds is 3. The zero-order valence-electron chi connectivity index (χ0n) is 9.93. The largest absolute Gasteiger partial charge is 0.308 e. The maximum atomic E-state index is 13.5. The maximum absolute atomic E-state index is 13.5. The highest BCUT2D eigenvalue weighted by Gasteiger charge is 2.32. The molecule has 2 heterocycles. The van der Waals surface area contributed by atoms with Gasteiger partial charge in [-0.2, -0.15) is 4.39 Å². The molecule has 1 amide bonds. The molecule has 0 saturated carbocycles. The lowest BCUT2D eigenvalue weighted by atomic mass is 10.1. The van der Waals surface area contributed by atoms with E-state index in [4.69, 9.17) is 0 Å². The number of aromatic nitrogens is 1. The minimum Gasteiger partial charge on any atom is -0.308 e. The number of hydrogen-bond acceptors (Lipinski definition) is 4. The molecule has 1 aromatic rings. The first-order chi connectivity index (χ1) is 8.58. The minimum atomic E-state index is -0.634. The fraction of sp³-hybridized carbons (Fsp3) is 0.417. The number of anilines is 1. The summed E-state index contributed by atoms with van der Waals surface area (Å²) in [6, 6.07) is 3.14. The van der Waals surface area contributed by atoms with Crippen LogP contribution < -0.4 is 4.90 Å². The molecule has 2 rings (SSSR count). The topological polar surface area (TPSA) is 50.3 Å². The van der Waals surface area contributed by atoms with Crippen LogP contribution in [0.3, 0.4) is 0 Å². The van der Waals surface area contributed by atoms with Gasteiger partial charge in [0.2, 0.25) is 11.9 Å². The van der Waals surface area contributed by atoms with E-state index in [2.05, 4.69) is 4.98 Å². The third-order valence-electron chi connectivity index (χ3n) is 2.76. The van der Waals surface area contributed by atoms with Crippen LogP contribution in [0.2, 0.25) is 0 Å². The number of thioether (sulfide) groups is 1. The molecule has 0 N–H and O–H groups in total. The van der Waals surface area contributed by atoms with Gasteiger partial charge in [0, 0.05) is 31.8 Å². The van der Waals surface area contributed by atoms with Gasteiger partial charge in [-0.1, -0.05) is 11.8 Å². The zero-order valence-corrected chi connectivity index (χ0v) is 10.7. The van der Waals surface area contributed by atoms with Gasteiger partial charge in [0.05, 0.1) is 5.69 Å². The van der Waals surface area contributed by atoms with Gasteiger partial charge >= 0.3 is 0 Å². The molecule has 0 bridgehead atoms. The van der Waals surface area contributed by atoms with Crippen LogP contribution in [-0.2, 0) is 9.59 Å². The molecule has 1 aliphatic rings. The SMILES string of the molecule is CC(=O)SCC1CC(=O)N(c2cccnc2F)C1. The van der Waals surface area contributed by atoms with Gasteiger partial charge in [0.15, 0.2) is 5.12 Å². The molecule has 0 aromatic carbocycles. The molecule has 1 fully saturated rings. The van der Waals surface area contributed by atoms with Crippen molar-refractivity contribution >= 4 is 28.5 Å². The van der Waals surface area contributed by atoms with Crippen molar-refractivity contribution in [1.29, 1.82) is 0 Å². The van der Waals surface area contributed by atoms with E-state index < -0.39 is 5.95 Å². The average Bonchev–Trinajstić information content (AvgIpc) is 2.69. The van der Waals surface area contributed by atoms with Gasteiger partial charge in [-0.05, 0) is 18.1 Å². The first-order valence-corrected chi connectivity index (χ1v) is 6.60. The summed E-state index contributed by atoms with van der Waals surface area (Å²) < 4.78 is 13.5. The van der Waals surface area contributed by atoms with Crippen LogP contribution in [0.4, 0.5) is 10.1 Å². The lowest BCUT2D eigenvalue weighted by Gasteiger charge is -2.16. The number of amides is 1. The molecule has 1 unspecified atom stereocenters. The highest BCUT2D eigenvalue weighted by atomic mass is 32.2. The third-order valence-corrected chi connectivity index (χ3v) is 3.80. The lowest BCUT2D eigenvalue weighted by molar-refractivity contribution is -0.117. The van der Waals surface area contributed by atoms with Crippen molar-refractivity contribution in [3.63, 3.8) is 0 Å². The standard InChI is InChI=1S/C12H13FN2O2S/c1-8(16)18-7-9-5-11(17)15(6-9)10-3-2-4-14-12(10)13/h2-4,9H,5-7H2,1H3. The van der Waals surface area contributed by atoms with Gasteiger partial charge in [-0.25, -0.2) is 4.98 Å². The number of carbonyl (C=O) groups is 2. The van der Waals surface area contributed by atoms with Crippen molar-refractivity contribution in [1.82, 2.24) is 4.98 Å². The fourth-order valence-corrected chi connectivity index (χ4v) is 2.63. The Labute approximate surface area is 109 Å². The fourth-order valence-electron chi connectivity index (χ4n) is 1.94. The summed E-state index contributed by atoms with van der Waals surface area (Å²) in [6.07, 6.45) is 1.71. The van der Waals surface area contributed by atoms with E-state index in [1.807, 2.05) is 0 Å². The summed E-state index contributed by atoms with van der Waals surface area (Å²) in [6.45, 7) is 1.95. The molecule has 1 saturated heterocycles. The summed E-state index contributed by atoms with van der Waals surface area (Å²) >= 11 is 1.20. The summed E-state index contributed by atoms with van der Waals surface area (Å²) in [5, 5.41) is 0.0356. The van der Waals surface area contributed by atoms with Crippen LogP contribution >= 0.6 is 11.8 Å². The molecule has 1 aromatic heterocycles. The summed E-state index contributed by atoms with van der Waals surface area (Å²) in [5.41, 5.74) is 0.220. The van der Waals surface area contributed by atoms with Gasteiger partial charge in [0.25, 0.3) is 0 Å². The molecule has 0 aliphatic carbocycles. The van der Waals surface area contributed by atoms with Crippen LogP contribution in [0.15, 0.2) is 18.3 Å². The van der Waals surface area contributed by atoms with Crippen molar-refractivity contribution < 1.29 is 14.0 Å². The number of pyridine rings is 1. The molecule has 6 heteroatoms. The number of nitrogens with zero attached hydrogens (tertiary/aromatic N) is 2. The predicted octanol–water partition coefficient (Wildman–Crippen LogP) is 1.85. The Bertz CT molecular complexity index is 481. The Morgan fingerprint density at radius 2 is 2.44 bits per heavy atom. The summed E-state index contributed by atoms with van der Waals surface area (Å²) in [4.78, 5) is 27.6. The van der Waals surface area contributed by atoms with E-state index >= 15 is 0 Å². The predicted molar refractivity (Wildman–Crippen MR) is 67.8 cm³/mol. The molecule has 18 heavy (non-hydrogen) atoms. The molecule has 1 atom stereocenters. The molecule has 0 radical (unpaired) electrons. The molecular weight excluding hydrogens is 255 g/mol. The summed E-state index contributed by atoms with van der Waals surface area (Å²) in [5.74, 6) is -0.0628. The Kier molecular flexibility index (Phi) is 3.96. The Hall–Kier alpha value is -1.43. The highest BCUT2D eigenvalue weighted by Crippen LogP contribution is 2.28. The van der Waals surface area contributed by atoms with Crippen LogP contribution in [0, 0.1) is 11.9 Å². The van der Waals surface area contributed by atoms with Crippen molar-refractivity contribution in [2.24, 2.45) is 5.92 Å². The quantitative estimate of drug-likeness (QED) is 0.785. The van der Waals surface area contributed by atoms with Crippen LogP contribution in [0.1, 0.15) is 13.3 Å². The van der Waals surface area contributed by atoms with E-state index in [0.717, 1.165) is 0 Å². The Morgan fingerprint density at radius 1 is 1.67 bits per heavy atom. The summed E-state index contributed by atoms with van der Waals surface area (Å²) in [7, 11) is 0. The number of carbonyl (C=O) groups excluding carboxylic acids is 2. The number of halogens is 1. The zero-order chi connectivity index (χ0) is 13.1. The Morgan fingerprint density at radius 3 is 3.11 bits per heavy atom. The minimum absolute atomic E-state index is 0.0356. The van der Waals surface area contributed by atoms with Gasteiger partial charge in [-0.15, -0.1) is 0 Å². The number of hydrogen-bond donors (Lipinski definition) is 0. The van der Waals surface area contributed by atoms with E-state index in [1.165, 1.54) is 29.8 Å². The monoisotopic (exact) mass is 268 g/mol. The molecule has 0 spiro atoms. The average molecular weight is 268 g/mol. The van der Waals surface area contributed by atoms with Crippen LogP contribution in [0.5, 0.6) is 0 Å². The molecule has 4 nitrogen and oxygen atoms in total. The van der Waals surface area contributed by atoms with Crippen molar-refractivity contribution in [2.45, 2.75) is 13.3 Å². The van der Waals surface area contributed by atoms with Crippen molar-refractivity contribution in [3.05, 3.63) is 24.3 Å². The second kappa shape index (κ2) is 5.48. The second-order valence-corrected chi connectivity index (χ2v) is 5.39. The Balaban J connectivity index is 2.06. The lowest BCUT2D eigenvalue weighted by Crippen LogP contribution is -2.26. The highest BCUT2D eigenvalue weighted by molar-refractivity contribution is 8.13. The van der Waals surface area contributed by atoms with E-state index in [9.17, 15) is 14.0 Å². The third kappa shape index (κ3) is 2.87. The van der Waals surface area contributed by atoms with E-state index in [1.54, 1.807) is 12.1 Å². The van der Waals surface area contributed by atoms with Crippen molar-refractivity contribution in [3.8, 4) is 0 Å². The van der Waals surface area contributed by atoms with Crippen LogP contribution in [-0.4, -0.2) is 28.3 Å². The van der Waals surface area contributed by atoms with E-state index in [0.29, 0.717) is 18.7 Å². The van der Waals surface area contributed by atoms with Gasteiger partial charge < -0.3 is 4.90 Å².